The zero-order chi connectivity index (χ0) is 19.6. The summed E-state index contributed by atoms with van der Waals surface area (Å²) >= 11 is 0. The lowest BCUT2D eigenvalue weighted by Gasteiger charge is -2.33. The molecule has 1 heterocycles. The molecule has 1 aliphatic rings. The number of nitrogens with one attached hydrogen (secondary N) is 1. The van der Waals surface area contributed by atoms with Crippen LogP contribution in [-0.4, -0.2) is 57.3 Å². The van der Waals surface area contributed by atoms with Gasteiger partial charge in [-0.05, 0) is 24.1 Å². The van der Waals surface area contributed by atoms with E-state index in [1.807, 2.05) is 30.3 Å². The summed E-state index contributed by atoms with van der Waals surface area (Å²) < 4.78 is 16.6. The molecule has 0 unspecified atom stereocenters. The summed E-state index contributed by atoms with van der Waals surface area (Å²) in [5, 5.41) is 2.91. The first-order valence-electron chi connectivity index (χ1n) is 9.67. The fourth-order valence-electron chi connectivity index (χ4n) is 3.24. The van der Waals surface area contributed by atoms with E-state index in [2.05, 4.69) is 22.3 Å². The number of nitrogens with zero attached hydrogens (tertiary/aromatic N) is 1. The van der Waals surface area contributed by atoms with Gasteiger partial charge in [0.1, 0.15) is 0 Å². The van der Waals surface area contributed by atoms with Gasteiger partial charge in [-0.1, -0.05) is 42.5 Å². The Morgan fingerprint density at radius 2 is 1.89 bits per heavy atom. The molecule has 28 heavy (non-hydrogen) atoms. The highest BCUT2D eigenvalue weighted by atomic mass is 16.5. The van der Waals surface area contributed by atoms with Gasteiger partial charge in [-0.25, -0.2) is 0 Å². The number of hydrogen-bond acceptors (Lipinski definition) is 5. The summed E-state index contributed by atoms with van der Waals surface area (Å²) in [5.74, 6) is 1.06. The number of para-hydroxylation sites is 2. The molecule has 6 nitrogen and oxygen atoms in total. The van der Waals surface area contributed by atoms with Crippen molar-refractivity contribution < 1.29 is 19.0 Å². The summed E-state index contributed by atoms with van der Waals surface area (Å²) in [7, 11) is 1.58. The molecule has 1 fully saturated rings. The van der Waals surface area contributed by atoms with Crippen LogP contribution in [0.5, 0.6) is 11.5 Å². The van der Waals surface area contributed by atoms with E-state index in [-0.39, 0.29) is 18.6 Å². The number of morpholine rings is 1. The van der Waals surface area contributed by atoms with E-state index in [4.69, 9.17) is 14.2 Å². The van der Waals surface area contributed by atoms with Crippen LogP contribution in [-0.2, 0) is 9.53 Å². The molecule has 2 aromatic carbocycles. The summed E-state index contributed by atoms with van der Waals surface area (Å²) in [6.07, 6.45) is 1.01. The smallest absolute Gasteiger partial charge is 0.257 e. The zero-order valence-corrected chi connectivity index (χ0v) is 16.3. The molecule has 0 spiro atoms. The van der Waals surface area contributed by atoms with Crippen molar-refractivity contribution in [3.63, 3.8) is 0 Å². The average molecular weight is 384 g/mol. The van der Waals surface area contributed by atoms with E-state index in [1.165, 1.54) is 5.56 Å². The highest BCUT2D eigenvalue weighted by Gasteiger charge is 2.21. The molecule has 0 aliphatic carbocycles. The SMILES string of the molecule is COc1ccccc1OCC(=O)NCCCN1CCO[C@@H](c2ccccc2)C1. The largest absolute Gasteiger partial charge is 0.493 e. The second-order valence-corrected chi connectivity index (χ2v) is 6.71. The van der Waals surface area contributed by atoms with Gasteiger partial charge < -0.3 is 19.5 Å². The maximum atomic E-state index is 12.0. The number of hydrogen-bond donors (Lipinski definition) is 1. The number of carbonyl (C=O) groups is 1. The Bertz CT molecular complexity index is 738. The van der Waals surface area contributed by atoms with Crippen LogP contribution in [0.2, 0.25) is 0 Å². The van der Waals surface area contributed by atoms with Gasteiger partial charge in [-0.15, -0.1) is 0 Å². The summed E-state index contributed by atoms with van der Waals surface area (Å²) in [5.41, 5.74) is 1.22. The quantitative estimate of drug-likeness (QED) is 0.674. The summed E-state index contributed by atoms with van der Waals surface area (Å²) in [4.78, 5) is 14.4. The Labute approximate surface area is 166 Å². The number of benzene rings is 2. The first-order chi connectivity index (χ1) is 13.8. The van der Waals surface area contributed by atoms with Gasteiger partial charge in [0, 0.05) is 26.2 Å². The second kappa shape index (κ2) is 10.7. The Morgan fingerprint density at radius 1 is 1.14 bits per heavy atom. The van der Waals surface area contributed by atoms with Crippen LogP contribution in [0, 0.1) is 0 Å². The van der Waals surface area contributed by atoms with E-state index in [0.717, 1.165) is 32.7 Å². The lowest BCUT2D eigenvalue weighted by molar-refractivity contribution is -0.123. The van der Waals surface area contributed by atoms with Crippen molar-refractivity contribution >= 4 is 5.91 Å². The van der Waals surface area contributed by atoms with Crippen LogP contribution in [0.4, 0.5) is 0 Å². The van der Waals surface area contributed by atoms with Crippen molar-refractivity contribution in [2.75, 3.05) is 46.5 Å². The van der Waals surface area contributed by atoms with Gasteiger partial charge in [0.05, 0.1) is 19.8 Å². The van der Waals surface area contributed by atoms with Gasteiger partial charge in [-0.2, -0.15) is 0 Å². The predicted molar refractivity (Wildman–Crippen MR) is 108 cm³/mol. The van der Waals surface area contributed by atoms with Gasteiger partial charge in [0.25, 0.3) is 5.91 Å². The monoisotopic (exact) mass is 384 g/mol. The third kappa shape index (κ3) is 5.97. The van der Waals surface area contributed by atoms with Crippen molar-refractivity contribution in [2.45, 2.75) is 12.5 Å². The van der Waals surface area contributed by atoms with Crippen molar-refractivity contribution in [1.29, 1.82) is 0 Å². The molecule has 1 aliphatic heterocycles. The fourth-order valence-corrected chi connectivity index (χ4v) is 3.24. The maximum Gasteiger partial charge on any atom is 0.257 e. The molecule has 6 heteroatoms. The third-order valence-electron chi connectivity index (χ3n) is 4.72. The van der Waals surface area contributed by atoms with E-state index in [9.17, 15) is 4.79 Å². The number of ether oxygens (including phenoxy) is 3. The van der Waals surface area contributed by atoms with Gasteiger partial charge in [0.15, 0.2) is 18.1 Å². The normalized spacial score (nSPS) is 17.1. The molecular formula is C22H28N2O4. The van der Waals surface area contributed by atoms with Gasteiger partial charge in [-0.3, -0.25) is 9.69 Å². The van der Waals surface area contributed by atoms with Gasteiger partial charge >= 0.3 is 0 Å². The lowest BCUT2D eigenvalue weighted by atomic mass is 10.1. The van der Waals surface area contributed by atoms with Gasteiger partial charge in [0.2, 0.25) is 0 Å². The second-order valence-electron chi connectivity index (χ2n) is 6.71. The molecule has 150 valence electrons. The predicted octanol–water partition coefficient (Wildman–Crippen LogP) is 2.65. The molecule has 0 saturated carbocycles. The van der Waals surface area contributed by atoms with E-state index >= 15 is 0 Å². The number of rotatable bonds is 9. The highest BCUT2D eigenvalue weighted by Crippen LogP contribution is 2.25. The molecule has 0 radical (unpaired) electrons. The Morgan fingerprint density at radius 3 is 2.68 bits per heavy atom. The minimum atomic E-state index is -0.130. The van der Waals surface area contributed by atoms with Crippen LogP contribution < -0.4 is 14.8 Å². The Hall–Kier alpha value is -2.57. The first kappa shape index (κ1) is 20.2. The minimum absolute atomic E-state index is 0.0198. The molecule has 2 aromatic rings. The van der Waals surface area contributed by atoms with Crippen molar-refractivity contribution in [1.82, 2.24) is 10.2 Å². The first-order valence-corrected chi connectivity index (χ1v) is 9.67. The van der Waals surface area contributed by atoms with E-state index in [1.54, 1.807) is 19.2 Å². The van der Waals surface area contributed by atoms with E-state index in [0.29, 0.717) is 18.0 Å². The molecule has 0 aromatic heterocycles. The molecule has 1 N–H and O–H groups in total. The molecular weight excluding hydrogens is 356 g/mol. The average Bonchev–Trinajstić information content (AvgIpc) is 2.76. The number of carbonyl (C=O) groups excluding carboxylic acids is 1. The van der Waals surface area contributed by atoms with Crippen LogP contribution in [0.3, 0.4) is 0 Å². The molecule has 0 bridgehead atoms. The third-order valence-corrected chi connectivity index (χ3v) is 4.72. The van der Waals surface area contributed by atoms with Crippen molar-refractivity contribution in [3.8, 4) is 11.5 Å². The van der Waals surface area contributed by atoms with Crippen LogP contribution in [0.15, 0.2) is 54.6 Å². The minimum Gasteiger partial charge on any atom is -0.493 e. The Balaban J connectivity index is 1.33. The maximum absolute atomic E-state index is 12.0. The lowest BCUT2D eigenvalue weighted by Crippen LogP contribution is -2.40. The topological polar surface area (TPSA) is 60.0 Å². The highest BCUT2D eigenvalue weighted by molar-refractivity contribution is 5.77. The standard InChI is InChI=1S/C22H28N2O4/c1-26-19-10-5-6-11-20(19)28-17-22(25)23-12-7-13-24-14-15-27-21(16-24)18-8-3-2-4-9-18/h2-6,8-11,21H,7,12-17H2,1H3,(H,23,25)/t21-/m1/s1. The summed E-state index contributed by atoms with van der Waals surface area (Å²) in [6, 6.07) is 17.6. The van der Waals surface area contributed by atoms with Crippen LogP contribution in [0.1, 0.15) is 18.1 Å². The molecule has 1 amide bonds. The van der Waals surface area contributed by atoms with Crippen molar-refractivity contribution in [2.24, 2.45) is 0 Å². The zero-order valence-electron chi connectivity index (χ0n) is 16.3. The molecule has 1 atom stereocenters. The number of methoxy groups -OCH3 is 1. The summed E-state index contributed by atoms with van der Waals surface area (Å²) in [6.45, 7) is 4.08. The number of amides is 1. The fraction of sp³-hybridized carbons (Fsp3) is 0.409. The van der Waals surface area contributed by atoms with Crippen LogP contribution in [0.25, 0.3) is 0 Å². The van der Waals surface area contributed by atoms with E-state index < -0.39 is 0 Å². The molecule has 3 rings (SSSR count). The Kier molecular flexibility index (Phi) is 7.70. The molecule has 1 saturated heterocycles. The van der Waals surface area contributed by atoms with Crippen LogP contribution >= 0.6 is 0 Å². The van der Waals surface area contributed by atoms with Crippen molar-refractivity contribution in [3.05, 3.63) is 60.2 Å².